The van der Waals surface area contributed by atoms with E-state index in [1.54, 1.807) is 30.3 Å². The summed E-state index contributed by atoms with van der Waals surface area (Å²) >= 11 is 13.1. The summed E-state index contributed by atoms with van der Waals surface area (Å²) < 4.78 is 24.5. The number of amides is 2. The Hall–Kier alpha value is -2.68. The molecule has 0 radical (unpaired) electrons. The van der Waals surface area contributed by atoms with Crippen LogP contribution in [0.25, 0.3) is 0 Å². The van der Waals surface area contributed by atoms with Gasteiger partial charge >= 0.3 is 0 Å². The van der Waals surface area contributed by atoms with E-state index in [-0.39, 0.29) is 26.8 Å². The molecule has 10 heteroatoms. The van der Waals surface area contributed by atoms with Crippen molar-refractivity contribution in [1.82, 2.24) is 9.69 Å². The van der Waals surface area contributed by atoms with Gasteiger partial charge in [-0.2, -0.15) is 4.37 Å². The van der Waals surface area contributed by atoms with E-state index in [1.165, 1.54) is 25.3 Å². The van der Waals surface area contributed by atoms with Crippen molar-refractivity contribution in [3.8, 4) is 5.75 Å². The number of carbonyl (C=O) groups excluding carboxylic acids is 2. The van der Waals surface area contributed by atoms with Crippen LogP contribution in [0.2, 0.25) is 9.36 Å². The van der Waals surface area contributed by atoms with E-state index < -0.39 is 23.7 Å². The molecule has 6 nitrogen and oxygen atoms in total. The van der Waals surface area contributed by atoms with Crippen molar-refractivity contribution >= 4 is 52.2 Å². The number of carbonyl (C=O) groups is 2. The van der Waals surface area contributed by atoms with Crippen molar-refractivity contribution in [1.29, 1.82) is 0 Å². The van der Waals surface area contributed by atoms with E-state index in [9.17, 15) is 9.59 Å². The van der Waals surface area contributed by atoms with Gasteiger partial charge in [-0.25, -0.2) is 4.39 Å². The molecule has 1 fully saturated rings. The predicted molar refractivity (Wildman–Crippen MR) is 131 cm³/mol. The third kappa shape index (κ3) is 5.04. The number of hydrogen-bond donors (Lipinski definition) is 1. The summed E-state index contributed by atoms with van der Waals surface area (Å²) in [7, 11) is 1.53. The highest BCUT2D eigenvalue weighted by Gasteiger charge is 2.38. The number of ether oxygens (including phenoxy) is 1. The van der Waals surface area contributed by atoms with E-state index in [0.717, 1.165) is 42.1 Å². The average molecular weight is 522 g/mol. The number of benzene rings is 2. The lowest BCUT2D eigenvalue weighted by Crippen LogP contribution is -2.46. The first kappa shape index (κ1) is 24.4. The largest absolute Gasteiger partial charge is 0.497 e. The van der Waals surface area contributed by atoms with Gasteiger partial charge in [-0.3, -0.25) is 14.5 Å². The number of aromatic nitrogens is 1. The van der Waals surface area contributed by atoms with Gasteiger partial charge in [0.1, 0.15) is 27.0 Å². The van der Waals surface area contributed by atoms with Crippen LogP contribution in [0, 0.1) is 5.82 Å². The fraction of sp³-hybridized carbons (Fsp3) is 0.292. The first-order chi connectivity index (χ1) is 16.4. The van der Waals surface area contributed by atoms with Gasteiger partial charge in [-0.1, -0.05) is 60.3 Å². The Bertz CT molecular complexity index is 1180. The van der Waals surface area contributed by atoms with Crippen molar-refractivity contribution < 1.29 is 18.7 Å². The van der Waals surface area contributed by atoms with Gasteiger partial charge in [0.15, 0.2) is 5.69 Å². The maximum atomic E-state index is 15.1. The molecule has 0 aliphatic heterocycles. The molecule has 1 unspecified atom stereocenters. The highest BCUT2D eigenvalue weighted by Crippen LogP contribution is 2.36. The molecule has 0 saturated heterocycles. The molecule has 1 aliphatic carbocycles. The molecule has 1 heterocycles. The van der Waals surface area contributed by atoms with Gasteiger partial charge in [-0.05, 0) is 54.2 Å². The molecule has 178 valence electrons. The molecule has 0 bridgehead atoms. The van der Waals surface area contributed by atoms with Crippen molar-refractivity contribution in [2.75, 3.05) is 12.0 Å². The van der Waals surface area contributed by atoms with Gasteiger partial charge < -0.3 is 10.1 Å². The first-order valence-electron chi connectivity index (χ1n) is 10.7. The summed E-state index contributed by atoms with van der Waals surface area (Å²) in [5.41, 5.74) is 0.257. The van der Waals surface area contributed by atoms with Crippen LogP contribution in [0.4, 0.5) is 10.1 Å². The second kappa shape index (κ2) is 10.7. The second-order valence-electron chi connectivity index (χ2n) is 7.91. The SMILES string of the molecule is COc1ccc(C(C(=O)NC2CCCC2)N(C(=O)c2nsc(Cl)c2Cl)c2ccccc2F)cc1. The highest BCUT2D eigenvalue weighted by molar-refractivity contribution is 7.11. The molecule has 1 atom stereocenters. The molecule has 2 aromatic carbocycles. The van der Waals surface area contributed by atoms with Gasteiger partial charge in [0.2, 0.25) is 5.91 Å². The number of halogens is 3. The lowest BCUT2D eigenvalue weighted by atomic mass is 10.0. The number of nitrogens with zero attached hydrogens (tertiary/aromatic N) is 2. The molecular formula is C24H22Cl2FN3O3S. The van der Waals surface area contributed by atoms with Crippen LogP contribution in [-0.2, 0) is 4.79 Å². The van der Waals surface area contributed by atoms with Gasteiger partial charge in [0.25, 0.3) is 5.91 Å². The maximum Gasteiger partial charge on any atom is 0.280 e. The van der Waals surface area contributed by atoms with Crippen LogP contribution in [0.5, 0.6) is 5.75 Å². The Balaban J connectivity index is 1.85. The number of para-hydroxylation sites is 1. The Kier molecular flexibility index (Phi) is 7.70. The van der Waals surface area contributed by atoms with E-state index in [4.69, 9.17) is 27.9 Å². The molecule has 3 aromatic rings. The summed E-state index contributed by atoms with van der Waals surface area (Å²) in [6.07, 6.45) is 3.73. The quantitative estimate of drug-likeness (QED) is 0.411. The lowest BCUT2D eigenvalue weighted by Gasteiger charge is -2.32. The highest BCUT2D eigenvalue weighted by atomic mass is 35.5. The topological polar surface area (TPSA) is 71.5 Å². The molecule has 2 amide bonds. The Morgan fingerprint density at radius 2 is 1.82 bits per heavy atom. The minimum atomic E-state index is -1.19. The van der Waals surface area contributed by atoms with Gasteiger partial charge in [-0.15, -0.1) is 0 Å². The Morgan fingerprint density at radius 1 is 1.15 bits per heavy atom. The minimum absolute atomic E-state index is 0.0110. The van der Waals surface area contributed by atoms with Crippen LogP contribution >= 0.6 is 34.7 Å². The summed E-state index contributed by atoms with van der Waals surface area (Å²) in [6.45, 7) is 0. The fourth-order valence-corrected chi connectivity index (χ4v) is 5.06. The van der Waals surface area contributed by atoms with Crippen molar-refractivity contribution in [3.63, 3.8) is 0 Å². The van der Waals surface area contributed by atoms with Crippen LogP contribution in [0.3, 0.4) is 0 Å². The van der Waals surface area contributed by atoms with Crippen LogP contribution in [0.15, 0.2) is 48.5 Å². The fourth-order valence-electron chi connectivity index (χ4n) is 4.07. The number of methoxy groups -OCH3 is 1. The molecule has 34 heavy (non-hydrogen) atoms. The number of anilines is 1. The van der Waals surface area contributed by atoms with E-state index >= 15 is 4.39 Å². The predicted octanol–water partition coefficient (Wildman–Crippen LogP) is 6.04. The molecular weight excluding hydrogens is 500 g/mol. The maximum absolute atomic E-state index is 15.1. The molecule has 0 spiro atoms. The summed E-state index contributed by atoms with van der Waals surface area (Å²) in [4.78, 5) is 28.5. The summed E-state index contributed by atoms with van der Waals surface area (Å²) in [6, 6.07) is 11.3. The monoisotopic (exact) mass is 521 g/mol. The zero-order valence-corrected chi connectivity index (χ0v) is 20.6. The van der Waals surface area contributed by atoms with Crippen molar-refractivity contribution in [2.24, 2.45) is 0 Å². The zero-order valence-electron chi connectivity index (χ0n) is 18.3. The number of hydrogen-bond acceptors (Lipinski definition) is 5. The Morgan fingerprint density at radius 3 is 2.41 bits per heavy atom. The van der Waals surface area contributed by atoms with Gasteiger partial charge in [0.05, 0.1) is 12.8 Å². The lowest BCUT2D eigenvalue weighted by molar-refractivity contribution is -0.123. The summed E-state index contributed by atoms with van der Waals surface area (Å²) in [5.74, 6) is -1.25. The molecule has 1 N–H and O–H groups in total. The second-order valence-corrected chi connectivity index (χ2v) is 9.66. The average Bonchev–Trinajstić information content (AvgIpc) is 3.47. The molecule has 4 rings (SSSR count). The molecule has 1 saturated carbocycles. The van der Waals surface area contributed by atoms with Gasteiger partial charge in [0, 0.05) is 6.04 Å². The number of nitrogens with one attached hydrogen (secondary N) is 1. The van der Waals surface area contributed by atoms with Crippen LogP contribution in [0.1, 0.15) is 47.8 Å². The van der Waals surface area contributed by atoms with E-state index in [1.807, 2.05) is 0 Å². The Labute approximate surface area is 210 Å². The van der Waals surface area contributed by atoms with Crippen LogP contribution < -0.4 is 15.0 Å². The van der Waals surface area contributed by atoms with Crippen molar-refractivity contribution in [3.05, 3.63) is 75.0 Å². The first-order valence-corrected chi connectivity index (χ1v) is 12.3. The smallest absolute Gasteiger partial charge is 0.280 e. The standard InChI is InChI=1S/C24H22Cl2FN3O3S/c1-33-16-12-10-14(11-13-16)21(23(31)28-15-6-2-3-7-15)30(18-9-5-4-8-17(18)27)24(32)20-19(25)22(26)34-29-20/h4-5,8-13,15,21H,2-3,6-7H2,1H3,(H,28,31). The minimum Gasteiger partial charge on any atom is -0.497 e. The summed E-state index contributed by atoms with van der Waals surface area (Å²) in [5, 5.41) is 3.00. The third-order valence-electron chi connectivity index (χ3n) is 5.77. The van der Waals surface area contributed by atoms with Crippen LogP contribution in [-0.4, -0.2) is 29.3 Å². The normalized spacial score (nSPS) is 14.6. The van der Waals surface area contributed by atoms with Crippen molar-refractivity contribution in [2.45, 2.75) is 37.8 Å². The third-order valence-corrected chi connectivity index (χ3v) is 7.38. The van der Waals surface area contributed by atoms with E-state index in [0.29, 0.717) is 11.3 Å². The zero-order chi connectivity index (χ0) is 24.2. The van der Waals surface area contributed by atoms with E-state index in [2.05, 4.69) is 9.69 Å². The molecule has 1 aliphatic rings. The number of rotatable bonds is 7. The molecule has 1 aromatic heterocycles.